The predicted molar refractivity (Wildman–Crippen MR) is 115 cm³/mol. The zero-order valence-corrected chi connectivity index (χ0v) is 16.6. The van der Waals surface area contributed by atoms with Crippen LogP contribution in [-0.4, -0.2) is 10.9 Å². The van der Waals surface area contributed by atoms with E-state index in [1.807, 2.05) is 54.6 Å². The summed E-state index contributed by atoms with van der Waals surface area (Å²) in [5, 5.41) is 14.3. The van der Waals surface area contributed by atoms with Gasteiger partial charge in [0.15, 0.2) is 5.78 Å². The first-order valence-corrected chi connectivity index (χ1v) is 10.0. The number of carbonyl (C=O) groups is 1. The van der Waals surface area contributed by atoms with Crippen molar-refractivity contribution in [1.82, 2.24) is 0 Å². The van der Waals surface area contributed by atoms with Crippen molar-refractivity contribution in [2.24, 2.45) is 0 Å². The molecule has 0 saturated carbocycles. The van der Waals surface area contributed by atoms with Gasteiger partial charge in [-0.15, -0.1) is 0 Å². The quantitative estimate of drug-likeness (QED) is 0.449. The molecular formula is C25H17BrO2. The fraction of sp³-hybridized carbons (Fsp3) is 0.0800. The van der Waals surface area contributed by atoms with Gasteiger partial charge in [0.05, 0.1) is 0 Å². The maximum Gasteiger partial charge on any atom is 0.193 e. The lowest BCUT2D eigenvalue weighted by atomic mass is 9.71. The molecule has 0 heterocycles. The van der Waals surface area contributed by atoms with Crippen molar-refractivity contribution in [3.05, 3.63) is 117 Å². The number of aliphatic hydroxyl groups is 1. The molecule has 4 aromatic carbocycles. The molecule has 0 saturated heterocycles. The third-order valence-corrected chi connectivity index (χ3v) is 6.39. The van der Waals surface area contributed by atoms with Gasteiger partial charge in [-0.2, -0.15) is 0 Å². The van der Waals surface area contributed by atoms with Crippen molar-refractivity contribution in [1.29, 1.82) is 0 Å². The average molecular weight is 429 g/mol. The number of ketones is 1. The topological polar surface area (TPSA) is 37.3 Å². The summed E-state index contributed by atoms with van der Waals surface area (Å²) in [6, 6.07) is 27.0. The third-order valence-electron chi connectivity index (χ3n) is 5.65. The summed E-state index contributed by atoms with van der Waals surface area (Å²) in [5.74, 6) is -0.0344. The maximum absolute atomic E-state index is 13.0. The van der Waals surface area contributed by atoms with Gasteiger partial charge < -0.3 is 5.11 Å². The second-order valence-electron chi connectivity index (χ2n) is 7.20. The molecule has 136 valence electrons. The zero-order chi connectivity index (χ0) is 19.3. The van der Waals surface area contributed by atoms with E-state index in [-0.39, 0.29) is 5.78 Å². The van der Waals surface area contributed by atoms with Crippen LogP contribution in [0.3, 0.4) is 0 Å². The first-order chi connectivity index (χ1) is 13.6. The Morgan fingerprint density at radius 3 is 2.00 bits per heavy atom. The van der Waals surface area contributed by atoms with E-state index in [1.165, 1.54) is 0 Å². The SMILES string of the molecule is O=C1c2ccccc2C(O)(Cc2c(Br)ccc3ccccc23)c2ccccc21. The van der Waals surface area contributed by atoms with Crippen LogP contribution in [0.1, 0.15) is 32.6 Å². The van der Waals surface area contributed by atoms with E-state index in [0.717, 1.165) is 20.8 Å². The Hall–Kier alpha value is -2.75. The highest BCUT2D eigenvalue weighted by Gasteiger charge is 2.42. The fourth-order valence-electron chi connectivity index (χ4n) is 4.31. The normalized spacial score (nSPS) is 14.6. The summed E-state index contributed by atoms with van der Waals surface area (Å²) in [6.45, 7) is 0. The molecule has 0 bridgehead atoms. The van der Waals surface area contributed by atoms with Crippen LogP contribution < -0.4 is 0 Å². The van der Waals surface area contributed by atoms with Crippen LogP contribution in [0.5, 0.6) is 0 Å². The molecule has 2 nitrogen and oxygen atoms in total. The summed E-state index contributed by atoms with van der Waals surface area (Å²) in [7, 11) is 0. The zero-order valence-electron chi connectivity index (χ0n) is 15.0. The van der Waals surface area contributed by atoms with Gasteiger partial charge in [0, 0.05) is 22.0 Å². The Balaban J connectivity index is 1.79. The molecule has 0 fully saturated rings. The van der Waals surface area contributed by atoms with Crippen LogP contribution in [0.2, 0.25) is 0 Å². The smallest absolute Gasteiger partial charge is 0.193 e. The molecular weight excluding hydrogens is 412 g/mol. The van der Waals surface area contributed by atoms with Crippen molar-refractivity contribution in [2.45, 2.75) is 12.0 Å². The van der Waals surface area contributed by atoms with E-state index in [0.29, 0.717) is 28.7 Å². The molecule has 0 aromatic heterocycles. The average Bonchev–Trinajstić information content (AvgIpc) is 2.74. The summed E-state index contributed by atoms with van der Waals surface area (Å²) >= 11 is 3.68. The minimum Gasteiger partial charge on any atom is -0.380 e. The Morgan fingerprint density at radius 1 is 0.750 bits per heavy atom. The van der Waals surface area contributed by atoms with Gasteiger partial charge in [-0.25, -0.2) is 0 Å². The lowest BCUT2D eigenvalue weighted by Crippen LogP contribution is -2.37. The Bertz CT molecular complexity index is 1190. The molecule has 4 aromatic rings. The summed E-state index contributed by atoms with van der Waals surface area (Å²) in [6.07, 6.45) is 0.371. The van der Waals surface area contributed by atoms with Gasteiger partial charge in [-0.1, -0.05) is 94.8 Å². The highest BCUT2D eigenvalue weighted by atomic mass is 79.9. The molecule has 5 rings (SSSR count). The fourth-order valence-corrected chi connectivity index (χ4v) is 4.79. The Kier molecular flexibility index (Phi) is 3.97. The van der Waals surface area contributed by atoms with Crippen LogP contribution in [0, 0.1) is 0 Å². The van der Waals surface area contributed by atoms with Crippen LogP contribution in [0.25, 0.3) is 10.8 Å². The van der Waals surface area contributed by atoms with Crippen LogP contribution in [0.15, 0.2) is 89.4 Å². The lowest BCUT2D eigenvalue weighted by Gasteiger charge is -2.36. The van der Waals surface area contributed by atoms with E-state index >= 15 is 0 Å². The highest BCUT2D eigenvalue weighted by Crippen LogP contribution is 2.44. The van der Waals surface area contributed by atoms with Gasteiger partial charge in [-0.3, -0.25) is 4.79 Å². The van der Waals surface area contributed by atoms with Gasteiger partial charge in [0.1, 0.15) is 5.60 Å². The second-order valence-corrected chi connectivity index (χ2v) is 8.06. The molecule has 1 aliphatic carbocycles. The van der Waals surface area contributed by atoms with Crippen molar-refractivity contribution in [3.63, 3.8) is 0 Å². The first-order valence-electron chi connectivity index (χ1n) is 9.22. The molecule has 0 atom stereocenters. The van der Waals surface area contributed by atoms with Gasteiger partial charge in [-0.05, 0) is 33.5 Å². The van der Waals surface area contributed by atoms with Crippen LogP contribution in [0.4, 0.5) is 0 Å². The number of fused-ring (bicyclic) bond motifs is 3. The Morgan fingerprint density at radius 2 is 1.32 bits per heavy atom. The van der Waals surface area contributed by atoms with Crippen molar-refractivity contribution >= 4 is 32.5 Å². The standard InChI is InChI=1S/C25H17BrO2/c26-23-14-13-16-7-1-2-8-17(16)20(23)15-25(28)21-11-5-3-9-18(21)24(27)19-10-4-6-12-22(19)25/h1-14,28H,15H2. The number of carbonyl (C=O) groups excluding carboxylic acids is 1. The largest absolute Gasteiger partial charge is 0.380 e. The Labute approximate surface area is 171 Å². The first kappa shape index (κ1) is 17.4. The molecule has 0 unspecified atom stereocenters. The molecule has 1 aliphatic rings. The number of benzene rings is 4. The number of halogens is 1. The highest BCUT2D eigenvalue weighted by molar-refractivity contribution is 9.10. The van der Waals surface area contributed by atoms with Gasteiger partial charge in [0.25, 0.3) is 0 Å². The summed E-state index contributed by atoms with van der Waals surface area (Å²) in [4.78, 5) is 13.0. The van der Waals surface area contributed by atoms with E-state index in [2.05, 4.69) is 34.1 Å². The molecule has 0 radical (unpaired) electrons. The molecule has 3 heteroatoms. The summed E-state index contributed by atoms with van der Waals surface area (Å²) in [5.41, 5.74) is 2.21. The number of rotatable bonds is 2. The molecule has 0 amide bonds. The summed E-state index contributed by atoms with van der Waals surface area (Å²) < 4.78 is 0.950. The molecule has 28 heavy (non-hydrogen) atoms. The molecule has 0 aliphatic heterocycles. The van der Waals surface area contributed by atoms with Gasteiger partial charge in [0.2, 0.25) is 0 Å². The third kappa shape index (κ3) is 2.47. The molecule has 0 spiro atoms. The predicted octanol–water partition coefficient (Wildman–Crippen LogP) is 5.63. The monoisotopic (exact) mass is 428 g/mol. The second kappa shape index (κ2) is 6.40. The van der Waals surface area contributed by atoms with Crippen molar-refractivity contribution in [2.75, 3.05) is 0 Å². The van der Waals surface area contributed by atoms with E-state index < -0.39 is 5.60 Å². The lowest BCUT2D eigenvalue weighted by molar-refractivity contribution is 0.0722. The minimum absolute atomic E-state index is 0.0344. The van der Waals surface area contributed by atoms with Crippen molar-refractivity contribution in [3.8, 4) is 0 Å². The van der Waals surface area contributed by atoms with E-state index in [1.54, 1.807) is 12.1 Å². The van der Waals surface area contributed by atoms with E-state index in [4.69, 9.17) is 0 Å². The number of hydrogen-bond acceptors (Lipinski definition) is 2. The maximum atomic E-state index is 13.0. The van der Waals surface area contributed by atoms with Crippen molar-refractivity contribution < 1.29 is 9.90 Å². The van der Waals surface area contributed by atoms with Crippen LogP contribution >= 0.6 is 15.9 Å². The van der Waals surface area contributed by atoms with Crippen LogP contribution in [-0.2, 0) is 12.0 Å². The van der Waals surface area contributed by atoms with E-state index in [9.17, 15) is 9.90 Å². The number of hydrogen-bond donors (Lipinski definition) is 1. The molecule has 1 N–H and O–H groups in total. The van der Waals surface area contributed by atoms with Gasteiger partial charge >= 0.3 is 0 Å². The minimum atomic E-state index is -1.28.